The minimum atomic E-state index is 0.827. The van der Waals surface area contributed by atoms with Crippen molar-refractivity contribution in [3.63, 3.8) is 0 Å². The van der Waals surface area contributed by atoms with Crippen LogP contribution in [0.2, 0.25) is 0 Å². The molecule has 3 aromatic rings. The van der Waals surface area contributed by atoms with E-state index in [1.165, 1.54) is 28.0 Å². The van der Waals surface area contributed by atoms with Gasteiger partial charge in [0, 0.05) is 35.4 Å². The average Bonchev–Trinajstić information content (AvgIpc) is 3.01. The Balaban J connectivity index is 1.84. The van der Waals surface area contributed by atoms with Gasteiger partial charge in [0.15, 0.2) is 5.13 Å². The summed E-state index contributed by atoms with van der Waals surface area (Å²) in [5, 5.41) is 3.15. The molecular formula is C19H17N3S. The molecule has 4 heteroatoms. The number of hydrogen-bond acceptors (Lipinski definition) is 4. The molecule has 0 radical (unpaired) electrons. The smallest absolute Gasteiger partial charge is 0.190 e. The molecule has 1 aromatic carbocycles. The van der Waals surface area contributed by atoms with E-state index in [0.29, 0.717) is 0 Å². The van der Waals surface area contributed by atoms with E-state index in [4.69, 9.17) is 0 Å². The summed E-state index contributed by atoms with van der Waals surface area (Å²) < 4.78 is 0. The van der Waals surface area contributed by atoms with Crippen LogP contribution in [0.3, 0.4) is 0 Å². The zero-order valence-corrected chi connectivity index (χ0v) is 14.0. The molecule has 0 bridgehead atoms. The predicted molar refractivity (Wildman–Crippen MR) is 96.4 cm³/mol. The van der Waals surface area contributed by atoms with Crippen molar-refractivity contribution in [1.29, 1.82) is 0 Å². The van der Waals surface area contributed by atoms with E-state index in [-0.39, 0.29) is 0 Å². The fourth-order valence-electron chi connectivity index (χ4n) is 2.98. The van der Waals surface area contributed by atoms with E-state index >= 15 is 0 Å². The van der Waals surface area contributed by atoms with Gasteiger partial charge in [0.2, 0.25) is 0 Å². The standard InChI is InChI=1S/C19H17N3S/c1-13-7-9-20-11-17(13)15-8-10-22(19-21-14(2)12-23-19)18-6-4-3-5-16(15)18/h3-9,11-12H,10H2,1-2H3. The van der Waals surface area contributed by atoms with Crippen LogP contribution in [-0.4, -0.2) is 16.5 Å². The van der Waals surface area contributed by atoms with Crippen molar-refractivity contribution in [2.45, 2.75) is 13.8 Å². The zero-order valence-electron chi connectivity index (χ0n) is 13.2. The van der Waals surface area contributed by atoms with Gasteiger partial charge >= 0.3 is 0 Å². The first kappa shape index (κ1) is 14.2. The lowest BCUT2D eigenvalue weighted by Crippen LogP contribution is -2.22. The third-order valence-corrected chi connectivity index (χ3v) is 5.11. The summed E-state index contributed by atoms with van der Waals surface area (Å²) in [6, 6.07) is 10.6. The first-order valence-corrected chi connectivity index (χ1v) is 8.52. The van der Waals surface area contributed by atoms with Crippen LogP contribution in [0.4, 0.5) is 10.8 Å². The number of thiazole rings is 1. The second-order valence-corrected chi connectivity index (χ2v) is 6.54. The van der Waals surface area contributed by atoms with E-state index < -0.39 is 0 Å². The molecule has 0 saturated carbocycles. The van der Waals surface area contributed by atoms with Gasteiger partial charge in [0.05, 0.1) is 11.4 Å². The topological polar surface area (TPSA) is 29.0 Å². The Morgan fingerprint density at radius 2 is 1.96 bits per heavy atom. The highest BCUT2D eigenvalue weighted by molar-refractivity contribution is 7.13. The molecule has 0 unspecified atom stereocenters. The van der Waals surface area contributed by atoms with Crippen LogP contribution in [0.25, 0.3) is 5.57 Å². The van der Waals surface area contributed by atoms with Crippen molar-refractivity contribution in [2.75, 3.05) is 11.4 Å². The van der Waals surface area contributed by atoms with Gasteiger partial charge in [-0.1, -0.05) is 24.3 Å². The summed E-state index contributed by atoms with van der Waals surface area (Å²) in [5.41, 5.74) is 7.23. The van der Waals surface area contributed by atoms with Gasteiger partial charge < -0.3 is 4.90 Å². The normalized spacial score (nSPS) is 13.7. The van der Waals surface area contributed by atoms with Crippen molar-refractivity contribution in [1.82, 2.24) is 9.97 Å². The lowest BCUT2D eigenvalue weighted by atomic mass is 9.92. The molecule has 0 fully saturated rings. The number of nitrogens with zero attached hydrogens (tertiary/aromatic N) is 3. The lowest BCUT2D eigenvalue weighted by Gasteiger charge is -2.29. The van der Waals surface area contributed by atoms with Crippen molar-refractivity contribution >= 4 is 27.7 Å². The van der Waals surface area contributed by atoms with Crippen molar-refractivity contribution in [3.05, 3.63) is 76.6 Å². The van der Waals surface area contributed by atoms with Crippen LogP contribution in [-0.2, 0) is 0 Å². The number of hydrogen-bond donors (Lipinski definition) is 0. The summed E-state index contributed by atoms with van der Waals surface area (Å²) in [4.78, 5) is 11.2. The molecular weight excluding hydrogens is 302 g/mol. The molecule has 114 valence electrons. The maximum atomic E-state index is 4.65. The van der Waals surface area contributed by atoms with Gasteiger partial charge in [0.1, 0.15) is 0 Å². The Morgan fingerprint density at radius 3 is 2.74 bits per heavy atom. The van der Waals surface area contributed by atoms with E-state index in [1.807, 2.05) is 19.3 Å². The fraction of sp³-hybridized carbons (Fsp3) is 0.158. The Hall–Kier alpha value is -2.46. The predicted octanol–water partition coefficient (Wildman–Crippen LogP) is 4.74. The monoisotopic (exact) mass is 319 g/mol. The largest absolute Gasteiger partial charge is 0.313 e. The van der Waals surface area contributed by atoms with Crippen LogP contribution in [0.5, 0.6) is 0 Å². The van der Waals surface area contributed by atoms with Crippen LogP contribution in [0.15, 0.2) is 54.2 Å². The number of fused-ring (bicyclic) bond motifs is 1. The Kier molecular flexibility index (Phi) is 3.46. The number of benzene rings is 1. The van der Waals surface area contributed by atoms with Crippen LogP contribution in [0, 0.1) is 13.8 Å². The van der Waals surface area contributed by atoms with Gasteiger partial charge in [-0.15, -0.1) is 11.3 Å². The molecule has 3 heterocycles. The van der Waals surface area contributed by atoms with Crippen LogP contribution in [0.1, 0.15) is 22.4 Å². The van der Waals surface area contributed by atoms with E-state index in [1.54, 1.807) is 11.3 Å². The van der Waals surface area contributed by atoms with Gasteiger partial charge in [-0.25, -0.2) is 4.98 Å². The second kappa shape index (κ2) is 5.63. The highest BCUT2D eigenvalue weighted by Crippen LogP contribution is 2.40. The Bertz CT molecular complexity index is 895. The number of aromatic nitrogens is 2. The fourth-order valence-corrected chi connectivity index (χ4v) is 3.80. The molecule has 0 aliphatic carbocycles. The lowest BCUT2D eigenvalue weighted by molar-refractivity contribution is 1.05. The van der Waals surface area contributed by atoms with Gasteiger partial charge in [-0.3, -0.25) is 4.98 Å². The highest BCUT2D eigenvalue weighted by Gasteiger charge is 2.22. The molecule has 3 nitrogen and oxygen atoms in total. The van der Waals surface area contributed by atoms with Crippen molar-refractivity contribution < 1.29 is 0 Å². The average molecular weight is 319 g/mol. The third-order valence-electron chi connectivity index (χ3n) is 4.13. The van der Waals surface area contributed by atoms with Gasteiger partial charge in [-0.05, 0) is 37.1 Å². The molecule has 0 spiro atoms. The summed E-state index contributed by atoms with van der Waals surface area (Å²) in [6.45, 7) is 5.00. The Morgan fingerprint density at radius 1 is 1.09 bits per heavy atom. The van der Waals surface area contributed by atoms with E-state index in [9.17, 15) is 0 Å². The number of aryl methyl sites for hydroxylation is 2. The molecule has 0 N–H and O–H groups in total. The minimum Gasteiger partial charge on any atom is -0.313 e. The summed E-state index contributed by atoms with van der Waals surface area (Å²) >= 11 is 1.69. The third kappa shape index (κ3) is 2.45. The summed E-state index contributed by atoms with van der Waals surface area (Å²) in [5.74, 6) is 0. The van der Waals surface area contributed by atoms with E-state index in [0.717, 1.165) is 17.4 Å². The molecule has 0 amide bonds. The van der Waals surface area contributed by atoms with Gasteiger partial charge in [0.25, 0.3) is 0 Å². The quantitative estimate of drug-likeness (QED) is 0.683. The van der Waals surface area contributed by atoms with Crippen molar-refractivity contribution in [3.8, 4) is 0 Å². The van der Waals surface area contributed by atoms with Crippen LogP contribution < -0.4 is 4.90 Å². The zero-order chi connectivity index (χ0) is 15.8. The van der Waals surface area contributed by atoms with Gasteiger partial charge in [-0.2, -0.15) is 0 Å². The maximum absolute atomic E-state index is 4.65. The molecule has 1 aliphatic rings. The number of pyridine rings is 1. The molecule has 2 aromatic heterocycles. The first-order valence-electron chi connectivity index (χ1n) is 7.64. The molecule has 4 rings (SSSR count). The highest BCUT2D eigenvalue weighted by atomic mass is 32.1. The van der Waals surface area contributed by atoms with E-state index in [2.05, 4.69) is 63.6 Å². The minimum absolute atomic E-state index is 0.827. The molecule has 23 heavy (non-hydrogen) atoms. The molecule has 1 aliphatic heterocycles. The molecule has 0 saturated heterocycles. The number of anilines is 2. The van der Waals surface area contributed by atoms with Crippen molar-refractivity contribution in [2.24, 2.45) is 0 Å². The maximum Gasteiger partial charge on any atom is 0.190 e. The first-order chi connectivity index (χ1) is 11.2. The SMILES string of the molecule is Cc1csc(N2CC=C(c3cnccc3C)c3ccccc32)n1. The number of para-hydroxylation sites is 1. The summed E-state index contributed by atoms with van der Waals surface area (Å²) in [6.07, 6.45) is 6.09. The summed E-state index contributed by atoms with van der Waals surface area (Å²) in [7, 11) is 0. The Labute approximate surface area is 140 Å². The van der Waals surface area contributed by atoms with Crippen LogP contribution >= 0.6 is 11.3 Å². The second-order valence-electron chi connectivity index (χ2n) is 5.71. The molecule has 0 atom stereocenters. The number of rotatable bonds is 2.